The molecule has 1 unspecified atom stereocenters. The Morgan fingerprint density at radius 3 is 2.21 bits per heavy atom. The van der Waals surface area contributed by atoms with Crippen LogP contribution in [0, 0.1) is 0 Å². The summed E-state index contributed by atoms with van der Waals surface area (Å²) in [5.74, 6) is 2.25. The minimum atomic E-state index is 0.364. The van der Waals surface area contributed by atoms with Crippen LogP contribution in [0.5, 0.6) is 17.2 Å². The lowest BCUT2D eigenvalue weighted by molar-refractivity contribution is 0.146. The van der Waals surface area contributed by atoms with Crippen LogP contribution in [0.1, 0.15) is 18.1 Å². The summed E-state index contributed by atoms with van der Waals surface area (Å²) in [5.41, 5.74) is 2.46. The summed E-state index contributed by atoms with van der Waals surface area (Å²) < 4.78 is 16.3. The largest absolute Gasteiger partial charge is 0.495 e. The van der Waals surface area contributed by atoms with Gasteiger partial charge >= 0.3 is 0 Å². The molecule has 1 fully saturated rings. The highest BCUT2D eigenvalue weighted by molar-refractivity contribution is 6.32. The van der Waals surface area contributed by atoms with Crippen molar-refractivity contribution in [2.45, 2.75) is 31.8 Å². The van der Waals surface area contributed by atoms with E-state index in [1.807, 2.05) is 12.1 Å². The molecular formula is C23H31ClN2O3. The number of hydrogen-bond acceptors (Lipinski definition) is 5. The van der Waals surface area contributed by atoms with Crippen LogP contribution < -0.4 is 19.5 Å². The van der Waals surface area contributed by atoms with Crippen LogP contribution in [0.3, 0.4) is 0 Å². The Bertz CT molecular complexity index is 815. The molecule has 0 radical (unpaired) electrons. The molecule has 0 saturated carbocycles. The van der Waals surface area contributed by atoms with Crippen LogP contribution in [0.25, 0.3) is 0 Å². The predicted molar refractivity (Wildman–Crippen MR) is 118 cm³/mol. The molecule has 0 bridgehead atoms. The SMILES string of the molecule is COc1cc(CC(Cc2ccc(OC)c(OC)c2)N2CCN[C@H](C)C2)ccc1Cl. The monoisotopic (exact) mass is 418 g/mol. The van der Waals surface area contributed by atoms with E-state index >= 15 is 0 Å². The zero-order valence-corrected chi connectivity index (χ0v) is 18.5. The smallest absolute Gasteiger partial charge is 0.160 e. The molecule has 1 heterocycles. The number of ether oxygens (including phenoxy) is 3. The Balaban J connectivity index is 1.85. The summed E-state index contributed by atoms with van der Waals surface area (Å²) in [5, 5.41) is 4.18. The lowest BCUT2D eigenvalue weighted by Gasteiger charge is -2.38. The highest BCUT2D eigenvalue weighted by atomic mass is 35.5. The molecule has 3 rings (SSSR count). The fourth-order valence-corrected chi connectivity index (χ4v) is 4.20. The average Bonchev–Trinajstić information content (AvgIpc) is 2.74. The lowest BCUT2D eigenvalue weighted by atomic mass is 9.96. The molecular weight excluding hydrogens is 388 g/mol. The van der Waals surface area contributed by atoms with Crippen molar-refractivity contribution in [3.8, 4) is 17.2 Å². The van der Waals surface area contributed by atoms with Gasteiger partial charge in [-0.15, -0.1) is 0 Å². The summed E-state index contributed by atoms with van der Waals surface area (Å²) in [4.78, 5) is 2.58. The van der Waals surface area contributed by atoms with Crippen molar-refractivity contribution in [1.29, 1.82) is 0 Å². The van der Waals surface area contributed by atoms with Gasteiger partial charge in [0.25, 0.3) is 0 Å². The molecule has 1 aliphatic heterocycles. The number of halogens is 1. The van der Waals surface area contributed by atoms with Gasteiger partial charge in [0.1, 0.15) is 5.75 Å². The van der Waals surface area contributed by atoms with Gasteiger partial charge in [0, 0.05) is 31.7 Å². The van der Waals surface area contributed by atoms with E-state index in [1.165, 1.54) is 11.1 Å². The van der Waals surface area contributed by atoms with Crippen LogP contribution >= 0.6 is 11.6 Å². The third-order valence-corrected chi connectivity index (χ3v) is 5.83. The van der Waals surface area contributed by atoms with Gasteiger partial charge in [-0.1, -0.05) is 23.7 Å². The van der Waals surface area contributed by atoms with Gasteiger partial charge in [0.15, 0.2) is 11.5 Å². The second kappa shape index (κ2) is 10.2. The Hall–Kier alpha value is -1.95. The highest BCUT2D eigenvalue weighted by Crippen LogP contribution is 2.30. The second-order valence-corrected chi connectivity index (χ2v) is 7.98. The topological polar surface area (TPSA) is 43.0 Å². The lowest BCUT2D eigenvalue weighted by Crippen LogP contribution is -2.53. The molecule has 0 aliphatic carbocycles. The number of nitrogens with one attached hydrogen (secondary N) is 1. The van der Waals surface area contributed by atoms with Crippen LogP contribution in [0.15, 0.2) is 36.4 Å². The van der Waals surface area contributed by atoms with Crippen LogP contribution in [-0.4, -0.2) is 57.9 Å². The Labute approximate surface area is 178 Å². The molecule has 1 N–H and O–H groups in total. The molecule has 2 aromatic rings. The molecule has 2 aromatic carbocycles. The number of hydrogen-bond donors (Lipinski definition) is 1. The molecule has 0 spiro atoms. The molecule has 0 amide bonds. The van der Waals surface area contributed by atoms with Crippen LogP contribution in [0.2, 0.25) is 5.02 Å². The van der Waals surface area contributed by atoms with E-state index < -0.39 is 0 Å². The number of benzene rings is 2. The Morgan fingerprint density at radius 2 is 1.59 bits per heavy atom. The van der Waals surface area contributed by atoms with Crippen molar-refractivity contribution < 1.29 is 14.2 Å². The van der Waals surface area contributed by atoms with Gasteiger partial charge in [-0.3, -0.25) is 4.90 Å². The summed E-state index contributed by atoms with van der Waals surface area (Å²) in [6.07, 6.45) is 1.85. The first-order valence-electron chi connectivity index (χ1n) is 10.0. The minimum Gasteiger partial charge on any atom is -0.495 e. The summed E-state index contributed by atoms with van der Waals surface area (Å²) in [7, 11) is 5.00. The second-order valence-electron chi connectivity index (χ2n) is 7.57. The first kappa shape index (κ1) is 21.8. The predicted octanol–water partition coefficient (Wildman–Crippen LogP) is 3.81. The molecule has 5 nitrogen and oxygen atoms in total. The van der Waals surface area contributed by atoms with Crippen molar-refractivity contribution in [1.82, 2.24) is 10.2 Å². The van der Waals surface area contributed by atoms with E-state index in [1.54, 1.807) is 21.3 Å². The van der Waals surface area contributed by atoms with Gasteiger partial charge in [-0.2, -0.15) is 0 Å². The maximum atomic E-state index is 6.22. The van der Waals surface area contributed by atoms with E-state index in [0.29, 0.717) is 17.1 Å². The molecule has 158 valence electrons. The van der Waals surface area contributed by atoms with Gasteiger partial charge in [-0.05, 0) is 55.2 Å². The summed E-state index contributed by atoms with van der Waals surface area (Å²) in [6.45, 7) is 5.31. The highest BCUT2D eigenvalue weighted by Gasteiger charge is 2.25. The first-order valence-corrected chi connectivity index (χ1v) is 10.4. The fourth-order valence-electron chi connectivity index (χ4n) is 4.01. The third kappa shape index (κ3) is 5.56. The zero-order valence-electron chi connectivity index (χ0n) is 17.7. The van der Waals surface area contributed by atoms with E-state index in [2.05, 4.69) is 41.4 Å². The number of rotatable bonds is 8. The van der Waals surface area contributed by atoms with E-state index in [4.69, 9.17) is 25.8 Å². The van der Waals surface area contributed by atoms with Crippen LogP contribution in [0.4, 0.5) is 0 Å². The first-order chi connectivity index (χ1) is 14.0. The van der Waals surface area contributed by atoms with Gasteiger partial charge < -0.3 is 19.5 Å². The van der Waals surface area contributed by atoms with Crippen molar-refractivity contribution in [2.75, 3.05) is 41.0 Å². The van der Waals surface area contributed by atoms with Gasteiger partial charge in [0.2, 0.25) is 0 Å². The summed E-state index contributed by atoms with van der Waals surface area (Å²) >= 11 is 6.22. The average molecular weight is 419 g/mol. The van der Waals surface area contributed by atoms with E-state index in [9.17, 15) is 0 Å². The van der Waals surface area contributed by atoms with Gasteiger partial charge in [-0.25, -0.2) is 0 Å². The minimum absolute atomic E-state index is 0.364. The van der Waals surface area contributed by atoms with Crippen molar-refractivity contribution in [3.63, 3.8) is 0 Å². The van der Waals surface area contributed by atoms with Gasteiger partial charge in [0.05, 0.1) is 26.4 Å². The fraction of sp³-hybridized carbons (Fsp3) is 0.478. The zero-order chi connectivity index (χ0) is 20.8. The van der Waals surface area contributed by atoms with E-state index in [0.717, 1.165) is 49.7 Å². The number of methoxy groups -OCH3 is 3. The molecule has 1 aliphatic rings. The molecule has 6 heteroatoms. The molecule has 0 aromatic heterocycles. The standard InChI is InChI=1S/C23H31ClN2O3/c1-16-15-26(10-9-25-16)19(11-17-5-7-20(24)22(13-17)28-3)12-18-6-8-21(27-2)23(14-18)29-4/h5-8,13-14,16,19,25H,9-12,15H2,1-4H3/t16-,19?/m1/s1. The van der Waals surface area contributed by atoms with Crippen LogP contribution in [-0.2, 0) is 12.8 Å². The Morgan fingerprint density at radius 1 is 0.966 bits per heavy atom. The maximum Gasteiger partial charge on any atom is 0.160 e. The summed E-state index contributed by atoms with van der Waals surface area (Å²) in [6, 6.07) is 13.1. The molecule has 29 heavy (non-hydrogen) atoms. The maximum absolute atomic E-state index is 6.22. The molecule has 2 atom stereocenters. The quantitative estimate of drug-likeness (QED) is 0.706. The third-order valence-electron chi connectivity index (χ3n) is 5.52. The Kier molecular flexibility index (Phi) is 7.64. The normalized spacial score (nSPS) is 18.3. The van der Waals surface area contributed by atoms with E-state index in [-0.39, 0.29) is 0 Å². The molecule has 1 saturated heterocycles. The number of piperazine rings is 1. The van der Waals surface area contributed by atoms with Crippen molar-refractivity contribution in [3.05, 3.63) is 52.5 Å². The van der Waals surface area contributed by atoms with Crippen molar-refractivity contribution in [2.24, 2.45) is 0 Å². The van der Waals surface area contributed by atoms with Crippen molar-refractivity contribution >= 4 is 11.6 Å². The number of nitrogens with zero attached hydrogens (tertiary/aromatic N) is 1.